The van der Waals surface area contributed by atoms with Crippen LogP contribution in [0, 0.1) is 0 Å². The predicted molar refractivity (Wildman–Crippen MR) is 122 cm³/mol. The fourth-order valence-corrected chi connectivity index (χ4v) is 4.46. The molecule has 3 aromatic carbocycles. The van der Waals surface area contributed by atoms with Gasteiger partial charge in [-0.15, -0.1) is 11.8 Å². The minimum Gasteiger partial charge on any atom is -0.351 e. The number of rotatable bonds is 6. The third kappa shape index (κ3) is 4.57. The summed E-state index contributed by atoms with van der Waals surface area (Å²) >= 11 is 1.52. The first kappa shape index (κ1) is 20.2. The Bertz CT molecular complexity index is 1040. The van der Waals surface area contributed by atoms with Crippen LogP contribution in [0.5, 0.6) is 0 Å². The fraction of sp³-hybridized carbons (Fsp3) is 0.200. The van der Waals surface area contributed by atoms with Gasteiger partial charge in [-0.3, -0.25) is 9.59 Å². The van der Waals surface area contributed by atoms with Gasteiger partial charge in [-0.2, -0.15) is 0 Å². The summed E-state index contributed by atoms with van der Waals surface area (Å²) in [5.74, 6) is 0.391. The topological polar surface area (TPSA) is 49.4 Å². The Hall–Kier alpha value is -3.05. The number of amides is 2. The Morgan fingerprint density at radius 2 is 1.70 bits per heavy atom. The molecule has 0 fully saturated rings. The number of thioether (sulfide) groups is 1. The molecule has 2 amide bonds. The van der Waals surface area contributed by atoms with Gasteiger partial charge in [0.1, 0.15) is 0 Å². The van der Waals surface area contributed by atoms with Crippen molar-refractivity contribution in [2.45, 2.75) is 30.8 Å². The highest BCUT2D eigenvalue weighted by molar-refractivity contribution is 8.00. The van der Waals surface area contributed by atoms with Crippen LogP contribution in [0.1, 0.15) is 28.4 Å². The van der Waals surface area contributed by atoms with Gasteiger partial charge in [0.2, 0.25) is 5.91 Å². The van der Waals surface area contributed by atoms with Gasteiger partial charge in [0.05, 0.1) is 5.75 Å². The molecule has 4 rings (SSSR count). The van der Waals surface area contributed by atoms with E-state index in [1.807, 2.05) is 77.7 Å². The molecule has 30 heavy (non-hydrogen) atoms. The second-order valence-corrected chi connectivity index (χ2v) is 8.48. The Balaban J connectivity index is 1.41. The summed E-state index contributed by atoms with van der Waals surface area (Å²) in [6.07, 6.45) is 0.842. The lowest BCUT2D eigenvalue weighted by Gasteiger charge is -2.23. The van der Waals surface area contributed by atoms with Crippen molar-refractivity contribution < 1.29 is 9.59 Å². The van der Waals surface area contributed by atoms with Gasteiger partial charge in [0, 0.05) is 28.7 Å². The van der Waals surface area contributed by atoms with Crippen molar-refractivity contribution in [3.63, 3.8) is 0 Å². The van der Waals surface area contributed by atoms with Gasteiger partial charge in [-0.25, -0.2) is 0 Å². The molecule has 1 heterocycles. The van der Waals surface area contributed by atoms with Gasteiger partial charge in [0.15, 0.2) is 0 Å². The summed E-state index contributed by atoms with van der Waals surface area (Å²) in [5.41, 5.74) is 3.80. The van der Waals surface area contributed by atoms with E-state index in [0.717, 1.165) is 22.6 Å². The molecule has 3 aromatic rings. The summed E-state index contributed by atoms with van der Waals surface area (Å²) < 4.78 is 0. The first-order valence-corrected chi connectivity index (χ1v) is 11.1. The van der Waals surface area contributed by atoms with E-state index in [9.17, 15) is 9.59 Å². The van der Waals surface area contributed by atoms with Gasteiger partial charge < -0.3 is 10.2 Å². The highest BCUT2D eigenvalue weighted by Gasteiger charge is 2.31. The maximum Gasteiger partial charge on any atom is 0.258 e. The van der Waals surface area contributed by atoms with E-state index in [4.69, 9.17) is 0 Å². The van der Waals surface area contributed by atoms with Crippen LogP contribution in [-0.4, -0.2) is 23.6 Å². The summed E-state index contributed by atoms with van der Waals surface area (Å²) in [6, 6.07) is 25.5. The molecule has 0 aromatic heterocycles. The zero-order valence-corrected chi connectivity index (χ0v) is 17.7. The molecule has 1 aliphatic rings. The molecule has 1 aliphatic heterocycles. The van der Waals surface area contributed by atoms with Gasteiger partial charge in [0.25, 0.3) is 5.91 Å². The zero-order valence-electron chi connectivity index (χ0n) is 16.9. The zero-order chi connectivity index (χ0) is 20.9. The Labute approximate surface area is 181 Å². The minimum absolute atomic E-state index is 0.00469. The van der Waals surface area contributed by atoms with E-state index in [1.165, 1.54) is 17.3 Å². The molecule has 0 bridgehead atoms. The molecule has 1 atom stereocenters. The molecule has 0 saturated heterocycles. The number of hydrogen-bond donors (Lipinski definition) is 1. The SMILES string of the molecule is CC1Cc2ccc(CNC(=O)CSc3ccccc3)cc2N1C(=O)c1ccccc1. The first-order valence-electron chi connectivity index (χ1n) is 10.1. The number of fused-ring (bicyclic) bond motifs is 1. The monoisotopic (exact) mass is 416 g/mol. The predicted octanol–water partition coefficient (Wildman–Crippen LogP) is 4.69. The fourth-order valence-electron chi connectivity index (χ4n) is 3.71. The minimum atomic E-state index is -0.00469. The number of carbonyl (C=O) groups is 2. The summed E-state index contributed by atoms with van der Waals surface area (Å²) in [4.78, 5) is 28.3. The molecular formula is C25H24N2O2S. The van der Waals surface area contributed by atoms with Crippen LogP contribution in [0.2, 0.25) is 0 Å². The third-order valence-corrected chi connectivity index (χ3v) is 6.22. The average molecular weight is 417 g/mol. The number of carbonyl (C=O) groups excluding carboxylic acids is 2. The summed E-state index contributed by atoms with van der Waals surface area (Å²) in [7, 11) is 0. The van der Waals surface area contributed by atoms with Crippen LogP contribution in [0.4, 0.5) is 5.69 Å². The molecule has 0 aliphatic carbocycles. The van der Waals surface area contributed by atoms with Crippen LogP contribution >= 0.6 is 11.8 Å². The largest absolute Gasteiger partial charge is 0.351 e. The number of nitrogens with zero attached hydrogens (tertiary/aromatic N) is 1. The quantitative estimate of drug-likeness (QED) is 0.593. The van der Waals surface area contributed by atoms with E-state index >= 15 is 0 Å². The first-order chi connectivity index (χ1) is 14.6. The molecule has 5 heteroatoms. The van der Waals surface area contributed by atoms with Crippen molar-refractivity contribution in [2.75, 3.05) is 10.7 Å². The van der Waals surface area contributed by atoms with Crippen LogP contribution in [0.25, 0.3) is 0 Å². The van der Waals surface area contributed by atoms with Crippen molar-refractivity contribution >= 4 is 29.3 Å². The summed E-state index contributed by atoms with van der Waals surface area (Å²) in [6.45, 7) is 2.52. The maximum absolute atomic E-state index is 13.1. The molecule has 1 unspecified atom stereocenters. The van der Waals surface area contributed by atoms with Crippen LogP contribution < -0.4 is 10.2 Å². The molecule has 4 nitrogen and oxygen atoms in total. The maximum atomic E-state index is 13.1. The van der Waals surface area contributed by atoms with Crippen LogP contribution in [0.15, 0.2) is 83.8 Å². The number of nitrogens with one attached hydrogen (secondary N) is 1. The molecule has 152 valence electrons. The lowest BCUT2D eigenvalue weighted by molar-refractivity contribution is -0.118. The van der Waals surface area contributed by atoms with E-state index in [-0.39, 0.29) is 17.9 Å². The van der Waals surface area contributed by atoms with Crippen molar-refractivity contribution in [3.05, 3.63) is 95.6 Å². The standard InChI is InChI=1S/C25H24N2O2S/c1-18-14-21-13-12-19(16-26-24(28)17-30-22-10-6-3-7-11-22)15-23(21)27(18)25(29)20-8-4-2-5-9-20/h2-13,15,18H,14,16-17H2,1H3,(H,26,28). The van der Waals surface area contributed by atoms with Gasteiger partial charge in [-0.05, 0) is 54.8 Å². The van der Waals surface area contributed by atoms with Crippen molar-refractivity contribution in [2.24, 2.45) is 0 Å². The Kier molecular flexibility index (Phi) is 6.19. The number of hydrogen-bond acceptors (Lipinski definition) is 3. The lowest BCUT2D eigenvalue weighted by Crippen LogP contribution is -2.35. The number of benzene rings is 3. The second kappa shape index (κ2) is 9.18. The Morgan fingerprint density at radius 3 is 2.43 bits per heavy atom. The normalized spacial score (nSPS) is 15.0. The highest BCUT2D eigenvalue weighted by Crippen LogP contribution is 2.34. The highest BCUT2D eigenvalue weighted by atomic mass is 32.2. The molecule has 1 N–H and O–H groups in total. The molecule has 0 saturated carbocycles. The van der Waals surface area contributed by atoms with Gasteiger partial charge in [-0.1, -0.05) is 48.5 Å². The number of anilines is 1. The van der Waals surface area contributed by atoms with Crippen LogP contribution in [-0.2, 0) is 17.8 Å². The van der Waals surface area contributed by atoms with E-state index in [2.05, 4.69) is 18.3 Å². The molecular weight excluding hydrogens is 392 g/mol. The van der Waals surface area contributed by atoms with Crippen molar-refractivity contribution in [1.29, 1.82) is 0 Å². The third-order valence-electron chi connectivity index (χ3n) is 5.21. The summed E-state index contributed by atoms with van der Waals surface area (Å²) in [5, 5.41) is 2.98. The van der Waals surface area contributed by atoms with Crippen molar-refractivity contribution in [1.82, 2.24) is 5.32 Å². The average Bonchev–Trinajstić information content (AvgIpc) is 3.12. The second-order valence-electron chi connectivity index (χ2n) is 7.44. The van der Waals surface area contributed by atoms with Crippen molar-refractivity contribution in [3.8, 4) is 0 Å². The van der Waals surface area contributed by atoms with Crippen LogP contribution in [0.3, 0.4) is 0 Å². The Morgan fingerprint density at radius 1 is 1.00 bits per heavy atom. The molecule has 0 spiro atoms. The van der Waals surface area contributed by atoms with E-state index < -0.39 is 0 Å². The smallest absolute Gasteiger partial charge is 0.258 e. The van der Waals surface area contributed by atoms with E-state index in [0.29, 0.717) is 17.9 Å². The lowest BCUT2D eigenvalue weighted by atomic mass is 10.1. The van der Waals surface area contributed by atoms with E-state index in [1.54, 1.807) is 0 Å². The van der Waals surface area contributed by atoms with Gasteiger partial charge >= 0.3 is 0 Å². The molecule has 0 radical (unpaired) electrons.